The summed E-state index contributed by atoms with van der Waals surface area (Å²) < 4.78 is 5.27. The lowest BCUT2D eigenvalue weighted by Crippen LogP contribution is -2.16. The van der Waals surface area contributed by atoms with Crippen molar-refractivity contribution < 1.29 is 14.3 Å². The number of furan rings is 1. The van der Waals surface area contributed by atoms with Crippen LogP contribution in [0.15, 0.2) is 41.1 Å². The van der Waals surface area contributed by atoms with Gasteiger partial charge in [-0.05, 0) is 37.6 Å². The van der Waals surface area contributed by atoms with Crippen LogP contribution in [0.2, 0.25) is 0 Å². The maximum atomic E-state index is 10.8. The van der Waals surface area contributed by atoms with E-state index in [9.17, 15) is 4.79 Å². The third-order valence-corrected chi connectivity index (χ3v) is 2.80. The molecule has 2 N–H and O–H groups in total. The minimum atomic E-state index is -1.02. The highest BCUT2D eigenvalue weighted by Crippen LogP contribution is 2.13. The number of nitrogens with one attached hydrogen (secondary N) is 1. The van der Waals surface area contributed by atoms with Gasteiger partial charge in [-0.25, -0.2) is 9.78 Å². The second-order valence-electron chi connectivity index (χ2n) is 4.40. The van der Waals surface area contributed by atoms with Crippen molar-refractivity contribution in [1.29, 1.82) is 0 Å². The summed E-state index contributed by atoms with van der Waals surface area (Å²) in [6.45, 7) is 2.05. The van der Waals surface area contributed by atoms with Crippen molar-refractivity contribution in [3.8, 4) is 0 Å². The summed E-state index contributed by atoms with van der Waals surface area (Å²) in [6, 6.07) is 7.33. The zero-order chi connectivity index (χ0) is 13.7. The van der Waals surface area contributed by atoms with Gasteiger partial charge < -0.3 is 14.8 Å². The number of aromatic nitrogens is 1. The number of aryl methyl sites for hydroxylation is 1. The van der Waals surface area contributed by atoms with E-state index >= 15 is 0 Å². The van der Waals surface area contributed by atoms with Crippen molar-refractivity contribution in [2.24, 2.45) is 0 Å². The van der Waals surface area contributed by atoms with Crippen LogP contribution in [-0.2, 0) is 6.42 Å². The van der Waals surface area contributed by atoms with Gasteiger partial charge in [0.1, 0.15) is 11.5 Å². The Kier molecular flexibility index (Phi) is 4.18. The molecule has 100 valence electrons. The van der Waals surface area contributed by atoms with Gasteiger partial charge in [0.05, 0.1) is 6.26 Å². The van der Waals surface area contributed by atoms with Gasteiger partial charge in [-0.2, -0.15) is 0 Å². The van der Waals surface area contributed by atoms with Crippen LogP contribution in [0, 0.1) is 0 Å². The molecule has 0 fully saturated rings. The molecule has 0 spiro atoms. The van der Waals surface area contributed by atoms with Crippen molar-refractivity contribution in [1.82, 2.24) is 4.98 Å². The Morgan fingerprint density at radius 2 is 2.37 bits per heavy atom. The molecular weight excluding hydrogens is 244 g/mol. The molecule has 0 aliphatic rings. The fourth-order valence-corrected chi connectivity index (χ4v) is 1.81. The summed E-state index contributed by atoms with van der Waals surface area (Å²) >= 11 is 0. The molecular formula is C14H16N2O3. The summed E-state index contributed by atoms with van der Waals surface area (Å²) in [4.78, 5) is 14.6. The molecule has 0 aliphatic heterocycles. The summed E-state index contributed by atoms with van der Waals surface area (Å²) in [5.41, 5.74) is 0.808. The average Bonchev–Trinajstić information content (AvgIpc) is 2.90. The van der Waals surface area contributed by atoms with E-state index in [1.807, 2.05) is 19.1 Å². The molecule has 0 amide bonds. The Bertz CT molecular complexity index is 537. The van der Waals surface area contributed by atoms with Crippen LogP contribution >= 0.6 is 0 Å². The first-order chi connectivity index (χ1) is 9.15. The molecule has 0 aliphatic carbocycles. The number of rotatable bonds is 6. The van der Waals surface area contributed by atoms with Gasteiger partial charge in [0, 0.05) is 24.3 Å². The van der Waals surface area contributed by atoms with E-state index in [0.29, 0.717) is 0 Å². The third kappa shape index (κ3) is 3.84. The Morgan fingerprint density at radius 1 is 1.53 bits per heavy atom. The zero-order valence-corrected chi connectivity index (χ0v) is 10.7. The first-order valence-corrected chi connectivity index (χ1v) is 6.13. The molecule has 0 saturated heterocycles. The van der Waals surface area contributed by atoms with Crippen molar-refractivity contribution in [3.05, 3.63) is 48.2 Å². The van der Waals surface area contributed by atoms with Crippen molar-refractivity contribution in [3.63, 3.8) is 0 Å². The average molecular weight is 260 g/mol. The summed E-state index contributed by atoms with van der Waals surface area (Å²) in [6.07, 6.45) is 4.90. The number of pyridine rings is 1. The van der Waals surface area contributed by atoms with Gasteiger partial charge in [-0.3, -0.25) is 0 Å². The minimum Gasteiger partial charge on any atom is -0.477 e. The molecule has 2 rings (SSSR count). The molecule has 0 bridgehead atoms. The summed E-state index contributed by atoms with van der Waals surface area (Å²) in [5.74, 6) is -0.0681. The van der Waals surface area contributed by atoms with Gasteiger partial charge in [0.2, 0.25) is 0 Å². The Hall–Kier alpha value is -2.30. The normalized spacial score (nSPS) is 12.1. The lowest BCUT2D eigenvalue weighted by atomic mass is 10.1. The van der Waals surface area contributed by atoms with E-state index in [2.05, 4.69) is 10.3 Å². The number of hydrogen-bond donors (Lipinski definition) is 2. The van der Waals surface area contributed by atoms with Gasteiger partial charge in [-0.1, -0.05) is 0 Å². The second-order valence-corrected chi connectivity index (χ2v) is 4.40. The van der Waals surface area contributed by atoms with Crippen LogP contribution in [0.3, 0.4) is 0 Å². The maximum absolute atomic E-state index is 10.8. The van der Waals surface area contributed by atoms with Gasteiger partial charge in [0.15, 0.2) is 0 Å². The number of carboxylic acids is 1. The molecule has 1 atom stereocenters. The summed E-state index contributed by atoms with van der Waals surface area (Å²) in [7, 11) is 0. The number of anilines is 1. The predicted molar refractivity (Wildman–Crippen MR) is 71.3 cm³/mol. The van der Waals surface area contributed by atoms with Crippen LogP contribution in [0.4, 0.5) is 5.69 Å². The largest absolute Gasteiger partial charge is 0.477 e. The number of carboxylic acid groups (broad SMARTS) is 1. The van der Waals surface area contributed by atoms with Gasteiger partial charge >= 0.3 is 5.97 Å². The predicted octanol–water partition coefficient (Wildman–Crippen LogP) is 2.81. The molecule has 0 saturated carbocycles. The summed E-state index contributed by atoms with van der Waals surface area (Å²) in [5, 5.41) is 12.1. The van der Waals surface area contributed by atoms with Crippen LogP contribution in [-0.4, -0.2) is 22.1 Å². The Labute approximate surface area is 111 Å². The Morgan fingerprint density at radius 3 is 3.05 bits per heavy atom. The number of nitrogens with zero attached hydrogens (tertiary/aromatic N) is 1. The molecule has 2 heterocycles. The third-order valence-electron chi connectivity index (χ3n) is 2.80. The van der Waals surface area contributed by atoms with Crippen LogP contribution < -0.4 is 5.32 Å². The van der Waals surface area contributed by atoms with Crippen LogP contribution in [0.5, 0.6) is 0 Å². The Balaban J connectivity index is 1.89. The first kappa shape index (κ1) is 13.1. The van der Waals surface area contributed by atoms with Crippen LogP contribution in [0.1, 0.15) is 29.6 Å². The van der Waals surface area contributed by atoms with Crippen molar-refractivity contribution in [2.75, 3.05) is 5.32 Å². The first-order valence-electron chi connectivity index (χ1n) is 6.13. The zero-order valence-electron chi connectivity index (χ0n) is 10.7. The highest BCUT2D eigenvalue weighted by molar-refractivity contribution is 5.86. The second kappa shape index (κ2) is 6.04. The monoisotopic (exact) mass is 260 g/mol. The maximum Gasteiger partial charge on any atom is 0.354 e. The SMILES string of the molecule is CC(CCc1ccco1)Nc1ccnc(C(=O)O)c1. The number of hydrogen-bond acceptors (Lipinski definition) is 4. The lowest BCUT2D eigenvalue weighted by Gasteiger charge is -2.14. The highest BCUT2D eigenvalue weighted by Gasteiger charge is 2.08. The fourth-order valence-electron chi connectivity index (χ4n) is 1.81. The van der Waals surface area contributed by atoms with E-state index in [4.69, 9.17) is 9.52 Å². The minimum absolute atomic E-state index is 0.0447. The molecule has 0 aromatic carbocycles. The van der Waals surface area contributed by atoms with Crippen molar-refractivity contribution >= 4 is 11.7 Å². The lowest BCUT2D eigenvalue weighted by molar-refractivity contribution is 0.0690. The smallest absolute Gasteiger partial charge is 0.354 e. The van der Waals surface area contributed by atoms with E-state index in [1.54, 1.807) is 12.3 Å². The molecule has 19 heavy (non-hydrogen) atoms. The fraction of sp³-hybridized carbons (Fsp3) is 0.286. The molecule has 5 heteroatoms. The van der Waals surface area contributed by atoms with E-state index in [0.717, 1.165) is 24.3 Å². The molecule has 2 aromatic heterocycles. The van der Waals surface area contributed by atoms with Crippen molar-refractivity contribution in [2.45, 2.75) is 25.8 Å². The van der Waals surface area contributed by atoms with E-state index in [-0.39, 0.29) is 11.7 Å². The van der Waals surface area contributed by atoms with E-state index < -0.39 is 5.97 Å². The number of carbonyl (C=O) groups is 1. The topological polar surface area (TPSA) is 75.4 Å². The van der Waals surface area contributed by atoms with Gasteiger partial charge in [0.25, 0.3) is 0 Å². The van der Waals surface area contributed by atoms with Gasteiger partial charge in [-0.15, -0.1) is 0 Å². The van der Waals surface area contributed by atoms with Crippen LogP contribution in [0.25, 0.3) is 0 Å². The molecule has 5 nitrogen and oxygen atoms in total. The standard InChI is InChI=1S/C14H16N2O3/c1-10(4-5-12-3-2-8-19-12)16-11-6-7-15-13(9-11)14(17)18/h2-3,6-10H,4-5H2,1H3,(H,15,16)(H,17,18). The quantitative estimate of drug-likeness (QED) is 0.835. The molecule has 1 unspecified atom stereocenters. The highest BCUT2D eigenvalue weighted by atomic mass is 16.4. The molecule has 2 aromatic rings. The van der Waals surface area contributed by atoms with E-state index in [1.165, 1.54) is 12.3 Å². The molecule has 0 radical (unpaired) electrons. The number of aromatic carboxylic acids is 1.